The molecule has 0 saturated carbocycles. The molecule has 6 nitrogen and oxygen atoms in total. The van der Waals surface area contributed by atoms with Gasteiger partial charge in [0.25, 0.3) is 0 Å². The normalized spacial score (nSPS) is 25.3. The second-order valence-corrected chi connectivity index (χ2v) is 13.7. The van der Waals surface area contributed by atoms with Crippen molar-refractivity contribution >= 4 is 5.71 Å². The summed E-state index contributed by atoms with van der Waals surface area (Å²) in [6.07, 6.45) is -0.483. The standard InChI is InChI=1S/C36H49F6N3O3/c1-23-10-11-27(18-24(23)2)31(12-15-45-16-13-34(47,14-17-45)29-8-6-5-7-9-29)33(44-43-26(4)46)22-48-21-28-19-30(35(37,38)39)20-32(25(28)3)36(40,41)42/h6,8,10-11,18-20,25-26,29,31-32,43,46-47H,5,7,9,12-17,21-22H2,1-4H3/b44-33+. The number of aliphatic hydroxyl groups is 2. The molecule has 5 atom stereocenters. The smallest absolute Gasteiger partial charge is 0.389 e. The first-order chi connectivity index (χ1) is 22.5. The monoisotopic (exact) mass is 685 g/mol. The highest BCUT2D eigenvalue weighted by atomic mass is 19.4. The molecule has 5 unspecified atom stereocenters. The van der Waals surface area contributed by atoms with Crippen molar-refractivity contribution in [3.05, 3.63) is 70.3 Å². The highest BCUT2D eigenvalue weighted by Crippen LogP contribution is 2.44. The van der Waals surface area contributed by atoms with E-state index in [1.165, 1.54) is 13.8 Å². The van der Waals surface area contributed by atoms with E-state index in [-0.39, 0.29) is 30.1 Å². The zero-order valence-corrected chi connectivity index (χ0v) is 28.2. The van der Waals surface area contributed by atoms with Crippen LogP contribution in [0.2, 0.25) is 0 Å². The third-order valence-corrected chi connectivity index (χ3v) is 10.2. The number of nitrogens with one attached hydrogen (secondary N) is 1. The molecule has 0 amide bonds. The number of alkyl halides is 6. The van der Waals surface area contributed by atoms with Gasteiger partial charge in [-0.15, -0.1) is 0 Å². The number of benzene rings is 1. The Balaban J connectivity index is 1.52. The first-order valence-electron chi connectivity index (χ1n) is 16.8. The minimum absolute atomic E-state index is 0.105. The summed E-state index contributed by atoms with van der Waals surface area (Å²) < 4.78 is 87.8. The minimum Gasteiger partial charge on any atom is -0.389 e. The van der Waals surface area contributed by atoms with Crippen LogP contribution in [0.1, 0.15) is 75.0 Å². The Bertz CT molecular complexity index is 1360. The summed E-state index contributed by atoms with van der Waals surface area (Å²) in [4.78, 5) is 2.30. The lowest BCUT2D eigenvalue weighted by molar-refractivity contribution is -0.171. The number of piperidine rings is 1. The van der Waals surface area contributed by atoms with Gasteiger partial charge in [-0.25, -0.2) is 0 Å². The molecule has 1 aliphatic heterocycles. The molecule has 2 aliphatic carbocycles. The molecule has 3 N–H and O–H groups in total. The zero-order chi connectivity index (χ0) is 35.3. The van der Waals surface area contributed by atoms with E-state index < -0.39 is 48.2 Å². The summed E-state index contributed by atoms with van der Waals surface area (Å²) in [5.41, 5.74) is 4.01. The van der Waals surface area contributed by atoms with Crippen LogP contribution in [0.15, 0.2) is 58.8 Å². The fourth-order valence-electron chi connectivity index (χ4n) is 6.95. The predicted molar refractivity (Wildman–Crippen MR) is 174 cm³/mol. The molecule has 1 fully saturated rings. The van der Waals surface area contributed by atoms with Crippen LogP contribution in [0.3, 0.4) is 0 Å². The largest absolute Gasteiger partial charge is 0.416 e. The number of halogens is 6. The van der Waals surface area contributed by atoms with E-state index in [9.17, 15) is 36.6 Å². The number of aliphatic hydroxyl groups excluding tert-OH is 1. The number of likely N-dealkylation sites (tertiary alicyclic amines) is 1. The Labute approximate surface area is 279 Å². The second kappa shape index (κ2) is 15.9. The number of hydrazone groups is 1. The van der Waals surface area contributed by atoms with Crippen molar-refractivity contribution in [1.29, 1.82) is 0 Å². The Hall–Kier alpha value is -2.67. The summed E-state index contributed by atoms with van der Waals surface area (Å²) in [5, 5.41) is 25.8. The maximum atomic E-state index is 13.7. The van der Waals surface area contributed by atoms with E-state index >= 15 is 0 Å². The Morgan fingerprint density at radius 2 is 1.83 bits per heavy atom. The highest BCUT2D eigenvalue weighted by molar-refractivity contribution is 5.92. The van der Waals surface area contributed by atoms with Crippen molar-refractivity contribution in [3.8, 4) is 0 Å². The molecule has 0 spiro atoms. The maximum absolute atomic E-state index is 13.7. The predicted octanol–water partition coefficient (Wildman–Crippen LogP) is 7.50. The molecular formula is C36H49F6N3O3. The van der Waals surface area contributed by atoms with Crippen LogP contribution in [-0.2, 0) is 4.74 Å². The van der Waals surface area contributed by atoms with Crippen molar-refractivity contribution in [1.82, 2.24) is 10.3 Å². The number of allylic oxidation sites excluding steroid dienone is 4. The average Bonchev–Trinajstić information content (AvgIpc) is 3.02. The van der Waals surface area contributed by atoms with Crippen LogP contribution in [0.25, 0.3) is 0 Å². The maximum Gasteiger partial charge on any atom is 0.416 e. The number of hydrogen-bond acceptors (Lipinski definition) is 6. The van der Waals surface area contributed by atoms with Crippen LogP contribution in [0.5, 0.6) is 0 Å². The van der Waals surface area contributed by atoms with E-state index in [0.717, 1.165) is 55.1 Å². The summed E-state index contributed by atoms with van der Waals surface area (Å²) in [7, 11) is 0. The van der Waals surface area contributed by atoms with Gasteiger partial charge in [-0.1, -0.05) is 43.4 Å². The summed E-state index contributed by atoms with van der Waals surface area (Å²) in [5.74, 6) is -3.70. The van der Waals surface area contributed by atoms with Crippen LogP contribution >= 0.6 is 0 Å². The first kappa shape index (κ1) is 38.1. The summed E-state index contributed by atoms with van der Waals surface area (Å²) in [6, 6.07) is 6.02. The summed E-state index contributed by atoms with van der Waals surface area (Å²) in [6.45, 7) is 8.19. The van der Waals surface area contributed by atoms with Gasteiger partial charge < -0.3 is 19.8 Å². The molecule has 1 heterocycles. The molecule has 0 aromatic heterocycles. The zero-order valence-electron chi connectivity index (χ0n) is 28.2. The van der Waals surface area contributed by atoms with Crippen LogP contribution in [0.4, 0.5) is 26.3 Å². The third-order valence-electron chi connectivity index (χ3n) is 10.2. The van der Waals surface area contributed by atoms with E-state index in [1.807, 2.05) is 32.0 Å². The van der Waals surface area contributed by atoms with Gasteiger partial charge in [-0.2, -0.15) is 31.4 Å². The number of nitrogens with zero attached hydrogens (tertiary/aromatic N) is 2. The molecule has 0 bridgehead atoms. The topological polar surface area (TPSA) is 77.3 Å². The number of aryl methyl sites for hydroxylation is 2. The first-order valence-corrected chi connectivity index (χ1v) is 16.8. The molecule has 268 valence electrons. The molecule has 0 radical (unpaired) electrons. The average molecular weight is 686 g/mol. The highest BCUT2D eigenvalue weighted by Gasteiger charge is 2.47. The van der Waals surface area contributed by atoms with Crippen LogP contribution in [0, 0.1) is 31.6 Å². The number of hydrogen-bond donors (Lipinski definition) is 3. The molecule has 1 saturated heterocycles. The van der Waals surface area contributed by atoms with Crippen molar-refractivity contribution < 1.29 is 41.3 Å². The fourth-order valence-corrected chi connectivity index (χ4v) is 6.95. The van der Waals surface area contributed by atoms with E-state index in [2.05, 4.69) is 27.6 Å². The lowest BCUT2D eigenvalue weighted by Crippen LogP contribution is -2.49. The molecule has 1 aromatic rings. The Morgan fingerprint density at radius 1 is 1.12 bits per heavy atom. The van der Waals surface area contributed by atoms with Gasteiger partial charge in [0, 0.05) is 24.9 Å². The van der Waals surface area contributed by atoms with E-state index in [1.54, 1.807) is 0 Å². The van der Waals surface area contributed by atoms with Crippen molar-refractivity contribution in [2.75, 3.05) is 32.8 Å². The molecular weight excluding hydrogens is 636 g/mol. The van der Waals surface area contributed by atoms with Gasteiger partial charge in [-0.05, 0) is 100 Å². The van der Waals surface area contributed by atoms with Gasteiger partial charge >= 0.3 is 12.4 Å². The SMILES string of the molecule is Cc1ccc(C(CCN2CCC(O)(C3C=CCCC3)CC2)/C(COCC2=CC(C(F)(F)F)=CC(C(F)(F)F)C2C)=N/NC(C)O)cc1C. The molecule has 48 heavy (non-hydrogen) atoms. The van der Waals surface area contributed by atoms with Gasteiger partial charge in [0.2, 0.25) is 0 Å². The molecule has 1 aromatic carbocycles. The Kier molecular flexibility index (Phi) is 12.6. The van der Waals surface area contributed by atoms with Gasteiger partial charge in [0.05, 0.1) is 36.0 Å². The van der Waals surface area contributed by atoms with E-state index in [0.29, 0.717) is 31.5 Å². The van der Waals surface area contributed by atoms with E-state index in [4.69, 9.17) is 4.74 Å². The Morgan fingerprint density at radius 3 is 2.42 bits per heavy atom. The van der Waals surface area contributed by atoms with Crippen LogP contribution in [-0.4, -0.2) is 77.9 Å². The van der Waals surface area contributed by atoms with Crippen LogP contribution < -0.4 is 5.43 Å². The molecule has 4 rings (SSSR count). The van der Waals surface area contributed by atoms with Gasteiger partial charge in [-0.3, -0.25) is 5.43 Å². The minimum atomic E-state index is -4.94. The van der Waals surface area contributed by atoms with Gasteiger partial charge in [0.15, 0.2) is 0 Å². The number of rotatable bonds is 12. The lowest BCUT2D eigenvalue weighted by atomic mass is 9.75. The second-order valence-electron chi connectivity index (χ2n) is 13.7. The third kappa shape index (κ3) is 9.95. The molecule has 12 heteroatoms. The molecule has 3 aliphatic rings. The van der Waals surface area contributed by atoms with Crippen molar-refractivity contribution in [2.45, 2.75) is 96.3 Å². The van der Waals surface area contributed by atoms with Gasteiger partial charge in [0.1, 0.15) is 6.23 Å². The van der Waals surface area contributed by atoms with Crippen molar-refractivity contribution in [3.63, 3.8) is 0 Å². The summed E-state index contributed by atoms with van der Waals surface area (Å²) >= 11 is 0. The van der Waals surface area contributed by atoms with Crippen molar-refractivity contribution in [2.24, 2.45) is 22.9 Å². The quantitative estimate of drug-likeness (QED) is 0.0699. The number of ether oxygens (including phenoxy) is 1. The lowest BCUT2D eigenvalue weighted by Gasteiger charge is -2.43. The fraction of sp³-hybridized carbons (Fsp3) is 0.639.